The van der Waals surface area contributed by atoms with Gasteiger partial charge in [0.15, 0.2) is 5.82 Å². The molecule has 2 aromatic heterocycles. The molecule has 4 atom stereocenters. The average Bonchev–Trinajstić information content (AvgIpc) is 3.31. The van der Waals surface area contributed by atoms with E-state index in [1.165, 1.54) is 0 Å². The van der Waals surface area contributed by atoms with Crippen LogP contribution in [0.15, 0.2) is 49.1 Å². The predicted octanol–water partition coefficient (Wildman–Crippen LogP) is 3.48. The van der Waals surface area contributed by atoms with Crippen molar-refractivity contribution in [3.63, 3.8) is 0 Å². The molecule has 8 heteroatoms. The molecule has 2 fully saturated rings. The van der Waals surface area contributed by atoms with E-state index in [0.29, 0.717) is 17.1 Å². The maximum Gasteiger partial charge on any atom is 0.151 e. The Morgan fingerprint density at radius 1 is 1.26 bits per heavy atom. The predicted molar refractivity (Wildman–Crippen MR) is 117 cm³/mol. The third-order valence-electron chi connectivity index (χ3n) is 6.76. The second-order valence-corrected chi connectivity index (χ2v) is 8.98. The molecule has 7 nitrogen and oxygen atoms in total. The maximum absolute atomic E-state index is 15.2. The van der Waals surface area contributed by atoms with Gasteiger partial charge in [-0.2, -0.15) is 0 Å². The molecule has 2 saturated heterocycles. The van der Waals surface area contributed by atoms with Gasteiger partial charge in [0.2, 0.25) is 0 Å². The Labute approximate surface area is 180 Å². The van der Waals surface area contributed by atoms with Crippen molar-refractivity contribution in [1.29, 1.82) is 0 Å². The van der Waals surface area contributed by atoms with Crippen LogP contribution in [0.4, 0.5) is 10.2 Å². The van der Waals surface area contributed by atoms with E-state index >= 15 is 4.39 Å². The molecule has 1 unspecified atom stereocenters. The molecule has 1 aromatic carbocycles. The van der Waals surface area contributed by atoms with Gasteiger partial charge in [-0.3, -0.25) is 0 Å². The van der Waals surface area contributed by atoms with E-state index in [0.717, 1.165) is 31.4 Å². The SMILES string of the molecule is CN(c1ccc(-c2ccc(-n3ccnc3)cc2O)nn1)[C@H]1C[C@]2(C)CCCC(N2)[C@H]1F. The lowest BCUT2D eigenvalue weighted by Crippen LogP contribution is -2.66. The zero-order valence-electron chi connectivity index (χ0n) is 17.7. The fourth-order valence-electron chi connectivity index (χ4n) is 5.03. The highest BCUT2D eigenvalue weighted by Gasteiger charge is 2.47. The van der Waals surface area contributed by atoms with Gasteiger partial charge in [-0.25, -0.2) is 9.37 Å². The number of phenols is 1. The van der Waals surface area contributed by atoms with Gasteiger partial charge >= 0.3 is 0 Å². The molecule has 162 valence electrons. The van der Waals surface area contributed by atoms with Crippen molar-refractivity contribution >= 4 is 5.82 Å². The first-order valence-electron chi connectivity index (χ1n) is 10.7. The molecule has 2 aliphatic rings. The highest BCUT2D eigenvalue weighted by molar-refractivity contribution is 5.69. The fraction of sp³-hybridized carbons (Fsp3) is 0.435. The largest absolute Gasteiger partial charge is 0.507 e. The zero-order valence-corrected chi connectivity index (χ0v) is 17.7. The van der Waals surface area contributed by atoms with E-state index < -0.39 is 6.17 Å². The number of halogens is 1. The molecular formula is C23H27FN6O. The van der Waals surface area contributed by atoms with Gasteiger partial charge in [0.1, 0.15) is 11.9 Å². The first-order valence-corrected chi connectivity index (χ1v) is 10.7. The maximum atomic E-state index is 15.2. The summed E-state index contributed by atoms with van der Waals surface area (Å²) in [6, 6.07) is 8.70. The molecule has 5 rings (SSSR count). The number of benzene rings is 1. The van der Waals surface area contributed by atoms with Gasteiger partial charge in [0, 0.05) is 42.7 Å². The van der Waals surface area contributed by atoms with Gasteiger partial charge in [0.25, 0.3) is 0 Å². The summed E-state index contributed by atoms with van der Waals surface area (Å²) in [5.74, 6) is 0.749. The van der Waals surface area contributed by atoms with Crippen molar-refractivity contribution in [1.82, 2.24) is 25.1 Å². The van der Waals surface area contributed by atoms with Gasteiger partial charge in [0.05, 0.1) is 23.8 Å². The number of nitrogens with one attached hydrogen (secondary N) is 1. The topological polar surface area (TPSA) is 79.1 Å². The van der Waals surface area contributed by atoms with Crippen LogP contribution in [-0.2, 0) is 0 Å². The van der Waals surface area contributed by atoms with Crippen molar-refractivity contribution in [3.8, 4) is 22.7 Å². The summed E-state index contributed by atoms with van der Waals surface area (Å²) in [5.41, 5.74) is 1.94. The van der Waals surface area contributed by atoms with E-state index in [4.69, 9.17) is 0 Å². The summed E-state index contributed by atoms with van der Waals surface area (Å²) in [4.78, 5) is 5.94. The summed E-state index contributed by atoms with van der Waals surface area (Å²) < 4.78 is 17.0. The monoisotopic (exact) mass is 422 g/mol. The summed E-state index contributed by atoms with van der Waals surface area (Å²) in [6.45, 7) is 2.19. The number of imidazole rings is 1. The minimum absolute atomic E-state index is 0.0272. The number of hydrogen-bond donors (Lipinski definition) is 2. The van der Waals surface area contributed by atoms with Crippen molar-refractivity contribution in [2.24, 2.45) is 0 Å². The van der Waals surface area contributed by atoms with Crippen LogP contribution < -0.4 is 10.2 Å². The first-order chi connectivity index (χ1) is 14.9. The van der Waals surface area contributed by atoms with Crippen LogP contribution in [0.25, 0.3) is 16.9 Å². The number of nitrogens with zero attached hydrogens (tertiary/aromatic N) is 5. The number of phenolic OH excluding ortho intramolecular Hbond substituents is 1. The van der Waals surface area contributed by atoms with Crippen LogP contribution in [0, 0.1) is 0 Å². The molecule has 2 bridgehead atoms. The molecule has 0 spiro atoms. The molecule has 2 aliphatic heterocycles. The smallest absolute Gasteiger partial charge is 0.151 e. The summed E-state index contributed by atoms with van der Waals surface area (Å²) in [6.07, 6.45) is 7.98. The molecule has 0 amide bonds. The third kappa shape index (κ3) is 3.65. The number of fused-ring (bicyclic) bond motifs is 2. The lowest BCUT2D eigenvalue weighted by atomic mass is 9.74. The highest BCUT2D eigenvalue weighted by Crippen LogP contribution is 2.38. The number of piperidine rings is 2. The number of anilines is 1. The van der Waals surface area contributed by atoms with Crippen molar-refractivity contribution in [2.45, 2.75) is 56.4 Å². The molecule has 4 heterocycles. The highest BCUT2D eigenvalue weighted by atomic mass is 19.1. The Bertz CT molecular complexity index is 1060. The van der Waals surface area contributed by atoms with Crippen molar-refractivity contribution < 1.29 is 9.50 Å². The Hall–Kier alpha value is -3.00. The number of hydrogen-bond acceptors (Lipinski definition) is 6. The average molecular weight is 423 g/mol. The number of rotatable bonds is 4. The molecule has 31 heavy (non-hydrogen) atoms. The molecule has 0 radical (unpaired) electrons. The minimum Gasteiger partial charge on any atom is -0.507 e. The lowest BCUT2D eigenvalue weighted by Gasteiger charge is -2.51. The number of aromatic hydroxyl groups is 1. The van der Waals surface area contributed by atoms with E-state index in [2.05, 4.69) is 27.4 Å². The van der Waals surface area contributed by atoms with Crippen molar-refractivity contribution in [2.75, 3.05) is 11.9 Å². The first kappa shape index (κ1) is 19.9. The summed E-state index contributed by atoms with van der Waals surface area (Å²) >= 11 is 0. The van der Waals surface area contributed by atoms with Gasteiger partial charge in [-0.1, -0.05) is 0 Å². The second-order valence-electron chi connectivity index (χ2n) is 8.98. The molecular weight excluding hydrogens is 395 g/mol. The normalized spacial score (nSPS) is 27.8. The van der Waals surface area contributed by atoms with Crippen molar-refractivity contribution in [3.05, 3.63) is 49.1 Å². The summed E-state index contributed by atoms with van der Waals surface area (Å²) in [5, 5.41) is 22.7. The number of aromatic nitrogens is 4. The molecule has 2 N–H and O–H groups in total. The second kappa shape index (κ2) is 7.60. The van der Waals surface area contributed by atoms with Gasteiger partial charge < -0.3 is 19.9 Å². The van der Waals surface area contributed by atoms with E-state index in [-0.39, 0.29) is 23.4 Å². The molecule has 0 saturated carbocycles. The molecule has 0 aliphatic carbocycles. The Morgan fingerprint density at radius 2 is 2.13 bits per heavy atom. The van der Waals surface area contributed by atoms with E-state index in [9.17, 15) is 5.11 Å². The van der Waals surface area contributed by atoms with Gasteiger partial charge in [-0.05, 0) is 56.9 Å². The quantitative estimate of drug-likeness (QED) is 0.670. The Kier molecular flexibility index (Phi) is 4.89. The van der Waals surface area contributed by atoms with Crippen LogP contribution in [0.3, 0.4) is 0 Å². The standard InChI is InChI=1S/C23H27FN6O/c1-23-9-3-4-18(26-23)22(24)19(13-23)29(2)21-8-7-17(27-28-21)16-6-5-15(12-20(16)31)30-11-10-25-14-30/h5-8,10-12,14,18-19,22,26,31H,3-4,9,13H2,1-2H3/t18?,19-,22+,23-/m0/s1. The fourth-order valence-corrected chi connectivity index (χ4v) is 5.03. The lowest BCUT2D eigenvalue weighted by molar-refractivity contribution is 0.0607. The molecule has 3 aromatic rings. The zero-order chi connectivity index (χ0) is 21.6. The van der Waals surface area contributed by atoms with Crippen LogP contribution in [0.1, 0.15) is 32.6 Å². The minimum atomic E-state index is -0.945. The van der Waals surface area contributed by atoms with Crippen LogP contribution >= 0.6 is 0 Å². The summed E-state index contributed by atoms with van der Waals surface area (Å²) in [7, 11) is 1.89. The van der Waals surface area contributed by atoms with E-state index in [1.54, 1.807) is 18.6 Å². The third-order valence-corrected chi connectivity index (χ3v) is 6.76. The van der Waals surface area contributed by atoms with Gasteiger partial charge in [-0.15, -0.1) is 10.2 Å². The number of alkyl halides is 1. The Balaban J connectivity index is 1.36. The van der Waals surface area contributed by atoms with Crippen LogP contribution in [-0.4, -0.2) is 55.7 Å². The van der Waals surface area contributed by atoms with Crippen LogP contribution in [0.2, 0.25) is 0 Å². The van der Waals surface area contributed by atoms with E-state index in [1.807, 2.05) is 47.0 Å². The Morgan fingerprint density at radius 3 is 2.84 bits per heavy atom. The van der Waals surface area contributed by atoms with Crippen LogP contribution in [0.5, 0.6) is 5.75 Å².